The molecule has 0 spiro atoms. The normalized spacial score (nSPS) is 19.1. The van der Waals surface area contributed by atoms with E-state index in [1.807, 2.05) is 0 Å². The van der Waals surface area contributed by atoms with Crippen LogP contribution in [0, 0.1) is 6.92 Å². The second-order valence-electron chi connectivity index (χ2n) is 3.25. The fourth-order valence-electron chi connectivity index (χ4n) is 1.54. The Hall–Kier alpha value is -0.570. The Bertz CT molecular complexity index is 141. The Morgan fingerprint density at radius 2 is 2.00 bits per heavy atom. The van der Waals surface area contributed by atoms with Gasteiger partial charge in [0.1, 0.15) is 0 Å². The van der Waals surface area contributed by atoms with Crippen molar-refractivity contribution in [2.75, 3.05) is 26.2 Å². The van der Waals surface area contributed by atoms with Crippen LogP contribution in [0.4, 0.5) is 0 Å². The SMILES string of the molecule is [CH2]C(=O)NCCN1CCCCC1. The molecule has 1 N–H and O–H groups in total. The van der Waals surface area contributed by atoms with E-state index in [1.54, 1.807) is 0 Å². The molecule has 3 heteroatoms. The Kier molecular flexibility index (Phi) is 4.08. The van der Waals surface area contributed by atoms with Crippen LogP contribution in [0.25, 0.3) is 0 Å². The lowest BCUT2D eigenvalue weighted by molar-refractivity contribution is -0.116. The number of nitrogens with one attached hydrogen (secondary N) is 1. The van der Waals surface area contributed by atoms with Crippen LogP contribution in [0.1, 0.15) is 19.3 Å². The number of piperidine rings is 1. The zero-order valence-corrected chi connectivity index (χ0v) is 7.51. The van der Waals surface area contributed by atoms with E-state index in [0.717, 1.165) is 13.1 Å². The first kappa shape index (κ1) is 9.52. The molecule has 0 aromatic rings. The van der Waals surface area contributed by atoms with Gasteiger partial charge in [-0.1, -0.05) is 6.42 Å². The summed E-state index contributed by atoms with van der Waals surface area (Å²) in [5.74, 6) is -0.174. The van der Waals surface area contributed by atoms with Gasteiger partial charge in [0.25, 0.3) is 0 Å². The second-order valence-corrected chi connectivity index (χ2v) is 3.25. The second kappa shape index (κ2) is 5.14. The molecule has 1 aliphatic rings. The van der Waals surface area contributed by atoms with E-state index in [9.17, 15) is 4.79 Å². The highest BCUT2D eigenvalue weighted by molar-refractivity contribution is 5.79. The van der Waals surface area contributed by atoms with Crippen LogP contribution in [-0.4, -0.2) is 37.0 Å². The fraction of sp³-hybridized carbons (Fsp3) is 0.778. The van der Waals surface area contributed by atoms with Gasteiger partial charge in [-0.05, 0) is 25.9 Å². The summed E-state index contributed by atoms with van der Waals surface area (Å²) in [6.07, 6.45) is 3.97. The summed E-state index contributed by atoms with van der Waals surface area (Å²) in [6, 6.07) is 0. The minimum atomic E-state index is -0.174. The summed E-state index contributed by atoms with van der Waals surface area (Å²) in [5, 5.41) is 2.70. The summed E-state index contributed by atoms with van der Waals surface area (Å²) < 4.78 is 0. The molecule has 3 nitrogen and oxygen atoms in total. The average Bonchev–Trinajstić information content (AvgIpc) is 2.05. The molecule has 0 aromatic carbocycles. The van der Waals surface area contributed by atoms with Crippen molar-refractivity contribution in [2.24, 2.45) is 0 Å². The maximum absolute atomic E-state index is 10.4. The van der Waals surface area contributed by atoms with Crippen LogP contribution in [0.2, 0.25) is 0 Å². The number of hydrogen-bond donors (Lipinski definition) is 1. The van der Waals surface area contributed by atoms with Crippen molar-refractivity contribution in [3.8, 4) is 0 Å². The van der Waals surface area contributed by atoms with Gasteiger partial charge in [-0.15, -0.1) is 0 Å². The molecule has 0 unspecified atom stereocenters. The Morgan fingerprint density at radius 1 is 1.33 bits per heavy atom. The highest BCUT2D eigenvalue weighted by Crippen LogP contribution is 2.06. The number of rotatable bonds is 3. The van der Waals surface area contributed by atoms with Crippen molar-refractivity contribution in [1.82, 2.24) is 10.2 Å². The lowest BCUT2D eigenvalue weighted by atomic mass is 10.1. The monoisotopic (exact) mass is 169 g/mol. The molecular weight excluding hydrogens is 152 g/mol. The van der Waals surface area contributed by atoms with Crippen molar-refractivity contribution in [1.29, 1.82) is 0 Å². The molecule has 0 aliphatic carbocycles. The third kappa shape index (κ3) is 3.72. The molecular formula is C9H17N2O. The van der Waals surface area contributed by atoms with E-state index in [-0.39, 0.29) is 5.91 Å². The predicted octanol–water partition coefficient (Wildman–Crippen LogP) is 0.423. The Morgan fingerprint density at radius 3 is 2.58 bits per heavy atom. The summed E-state index contributed by atoms with van der Waals surface area (Å²) >= 11 is 0. The molecule has 69 valence electrons. The molecule has 1 amide bonds. The van der Waals surface area contributed by atoms with Gasteiger partial charge in [-0.25, -0.2) is 0 Å². The van der Waals surface area contributed by atoms with Gasteiger partial charge in [0.05, 0.1) is 0 Å². The molecule has 1 radical (unpaired) electrons. The number of amides is 1. The third-order valence-corrected chi connectivity index (χ3v) is 2.20. The largest absolute Gasteiger partial charge is 0.355 e. The molecule has 1 rings (SSSR count). The Balaban J connectivity index is 2.01. The van der Waals surface area contributed by atoms with Gasteiger partial charge in [-0.3, -0.25) is 4.79 Å². The van der Waals surface area contributed by atoms with Crippen LogP contribution in [0.3, 0.4) is 0 Å². The first-order valence-corrected chi connectivity index (χ1v) is 4.61. The lowest BCUT2D eigenvalue weighted by Crippen LogP contribution is -2.37. The van der Waals surface area contributed by atoms with Crippen molar-refractivity contribution < 1.29 is 4.79 Å². The number of nitrogens with zero attached hydrogens (tertiary/aromatic N) is 1. The van der Waals surface area contributed by atoms with E-state index >= 15 is 0 Å². The first-order chi connectivity index (χ1) is 5.79. The topological polar surface area (TPSA) is 32.3 Å². The molecule has 1 aliphatic heterocycles. The van der Waals surface area contributed by atoms with Gasteiger partial charge in [0, 0.05) is 20.0 Å². The first-order valence-electron chi connectivity index (χ1n) is 4.61. The van der Waals surface area contributed by atoms with Crippen molar-refractivity contribution in [2.45, 2.75) is 19.3 Å². The Labute approximate surface area is 74.1 Å². The highest BCUT2D eigenvalue weighted by atomic mass is 16.1. The van der Waals surface area contributed by atoms with Crippen LogP contribution in [0.5, 0.6) is 0 Å². The smallest absolute Gasteiger partial charge is 0.220 e. The average molecular weight is 169 g/mol. The van der Waals surface area contributed by atoms with Gasteiger partial charge < -0.3 is 10.2 Å². The van der Waals surface area contributed by atoms with Crippen LogP contribution in [-0.2, 0) is 4.79 Å². The molecule has 1 fully saturated rings. The van der Waals surface area contributed by atoms with E-state index in [2.05, 4.69) is 17.1 Å². The summed E-state index contributed by atoms with van der Waals surface area (Å²) in [4.78, 5) is 12.8. The number of carbonyl (C=O) groups is 1. The quantitative estimate of drug-likeness (QED) is 0.664. The summed E-state index contributed by atoms with van der Waals surface area (Å²) in [5.41, 5.74) is 0. The van der Waals surface area contributed by atoms with Gasteiger partial charge in [0.15, 0.2) is 0 Å². The maximum atomic E-state index is 10.4. The third-order valence-electron chi connectivity index (χ3n) is 2.20. The molecule has 0 saturated carbocycles. The predicted molar refractivity (Wildman–Crippen MR) is 48.7 cm³/mol. The molecule has 1 heterocycles. The number of hydrogen-bond acceptors (Lipinski definition) is 2. The fourth-order valence-corrected chi connectivity index (χ4v) is 1.54. The lowest BCUT2D eigenvalue weighted by Gasteiger charge is -2.26. The van der Waals surface area contributed by atoms with Crippen molar-refractivity contribution in [3.63, 3.8) is 0 Å². The van der Waals surface area contributed by atoms with E-state index in [1.165, 1.54) is 32.4 Å². The van der Waals surface area contributed by atoms with Crippen LogP contribution < -0.4 is 5.32 Å². The minimum absolute atomic E-state index is 0.174. The van der Waals surface area contributed by atoms with E-state index in [4.69, 9.17) is 0 Å². The number of carbonyl (C=O) groups excluding carboxylic acids is 1. The molecule has 0 bridgehead atoms. The highest BCUT2D eigenvalue weighted by Gasteiger charge is 2.08. The van der Waals surface area contributed by atoms with Crippen molar-refractivity contribution in [3.05, 3.63) is 6.92 Å². The molecule has 0 aromatic heterocycles. The zero-order chi connectivity index (χ0) is 8.81. The van der Waals surface area contributed by atoms with Gasteiger partial charge >= 0.3 is 0 Å². The maximum Gasteiger partial charge on any atom is 0.220 e. The zero-order valence-electron chi connectivity index (χ0n) is 7.51. The summed E-state index contributed by atoms with van der Waals surface area (Å²) in [6.45, 7) is 7.34. The number of likely N-dealkylation sites (tertiary alicyclic amines) is 1. The van der Waals surface area contributed by atoms with Gasteiger partial charge in [0.2, 0.25) is 5.91 Å². The van der Waals surface area contributed by atoms with Crippen LogP contribution >= 0.6 is 0 Å². The van der Waals surface area contributed by atoms with Crippen molar-refractivity contribution >= 4 is 5.91 Å². The summed E-state index contributed by atoms with van der Waals surface area (Å²) in [7, 11) is 0. The van der Waals surface area contributed by atoms with Crippen LogP contribution in [0.15, 0.2) is 0 Å². The molecule has 0 atom stereocenters. The van der Waals surface area contributed by atoms with E-state index < -0.39 is 0 Å². The van der Waals surface area contributed by atoms with E-state index in [0.29, 0.717) is 0 Å². The molecule has 12 heavy (non-hydrogen) atoms. The van der Waals surface area contributed by atoms with Gasteiger partial charge in [-0.2, -0.15) is 0 Å². The standard InChI is InChI=1S/C9H17N2O/c1-9(12)10-5-8-11-6-3-2-4-7-11/h1-8H2,(H,10,12). The molecule has 1 saturated heterocycles. The minimum Gasteiger partial charge on any atom is -0.355 e.